The van der Waals surface area contributed by atoms with Crippen LogP contribution in [0.25, 0.3) is 0 Å². The Bertz CT molecular complexity index is 713. The second-order valence-electron chi connectivity index (χ2n) is 5.15. The predicted molar refractivity (Wildman–Crippen MR) is 84.1 cm³/mol. The summed E-state index contributed by atoms with van der Waals surface area (Å²) in [6.45, 7) is 1.10. The van der Waals surface area contributed by atoms with Crippen LogP contribution in [-0.4, -0.2) is 23.9 Å². The zero-order valence-electron chi connectivity index (χ0n) is 11.9. The summed E-state index contributed by atoms with van der Waals surface area (Å²) < 4.78 is 0. The second-order valence-corrected chi connectivity index (χ2v) is 5.15. The minimum Gasteiger partial charge on any atom is -0.362 e. The highest BCUT2D eigenvalue weighted by Gasteiger charge is 2.20. The smallest absolute Gasteiger partial charge is 0.269 e. The molecule has 0 unspecified atom stereocenters. The summed E-state index contributed by atoms with van der Waals surface area (Å²) in [7, 11) is 0. The van der Waals surface area contributed by atoms with E-state index in [1.807, 2.05) is 23.1 Å². The number of anilines is 2. The summed E-state index contributed by atoms with van der Waals surface area (Å²) in [6, 6.07) is 13.9. The number of non-ortho nitro benzene ring substituents is 1. The number of nitro groups is 1. The summed E-state index contributed by atoms with van der Waals surface area (Å²) in [5.41, 5.74) is 2.92. The molecule has 0 aliphatic carbocycles. The van der Waals surface area contributed by atoms with Crippen molar-refractivity contribution in [2.75, 3.05) is 23.3 Å². The molecule has 1 amide bonds. The lowest BCUT2D eigenvalue weighted by Gasteiger charge is -2.18. The van der Waals surface area contributed by atoms with Crippen molar-refractivity contribution in [3.63, 3.8) is 0 Å². The zero-order valence-corrected chi connectivity index (χ0v) is 11.9. The fraction of sp³-hybridized carbons (Fsp3) is 0.188. The van der Waals surface area contributed by atoms with Crippen LogP contribution in [0.1, 0.15) is 5.56 Å². The van der Waals surface area contributed by atoms with E-state index < -0.39 is 4.92 Å². The Balaban J connectivity index is 1.62. The van der Waals surface area contributed by atoms with Gasteiger partial charge < -0.3 is 10.2 Å². The quantitative estimate of drug-likeness (QED) is 0.695. The van der Waals surface area contributed by atoms with Gasteiger partial charge in [0.15, 0.2) is 0 Å². The molecule has 1 aliphatic rings. The standard InChI is InChI=1S/C16H15N3O3/c20-16(17-13-5-7-14(8-6-13)19(21)22)11-18-10-9-12-3-1-2-4-15(12)18/h1-8H,9-11H2,(H,17,20). The summed E-state index contributed by atoms with van der Waals surface area (Å²) in [4.78, 5) is 24.3. The van der Waals surface area contributed by atoms with Crippen LogP contribution in [0.4, 0.5) is 17.1 Å². The predicted octanol–water partition coefficient (Wildman–Crippen LogP) is 2.60. The third kappa shape index (κ3) is 2.90. The molecule has 1 N–H and O–H groups in total. The van der Waals surface area contributed by atoms with Crippen LogP contribution in [0, 0.1) is 10.1 Å². The van der Waals surface area contributed by atoms with Crippen molar-refractivity contribution in [1.29, 1.82) is 0 Å². The van der Waals surface area contributed by atoms with Gasteiger partial charge in [0, 0.05) is 30.1 Å². The van der Waals surface area contributed by atoms with Crippen molar-refractivity contribution >= 4 is 23.0 Å². The van der Waals surface area contributed by atoms with E-state index in [-0.39, 0.29) is 18.1 Å². The maximum Gasteiger partial charge on any atom is 0.269 e. The van der Waals surface area contributed by atoms with Crippen LogP contribution in [0.2, 0.25) is 0 Å². The van der Waals surface area contributed by atoms with Crippen molar-refractivity contribution in [3.05, 3.63) is 64.2 Å². The number of nitrogens with zero attached hydrogens (tertiary/aromatic N) is 2. The Kier molecular flexibility index (Phi) is 3.74. The highest BCUT2D eigenvalue weighted by atomic mass is 16.6. The van der Waals surface area contributed by atoms with Gasteiger partial charge in [0.05, 0.1) is 11.5 Å². The van der Waals surface area contributed by atoms with Crippen LogP contribution in [-0.2, 0) is 11.2 Å². The average molecular weight is 297 g/mol. The third-order valence-corrected chi connectivity index (χ3v) is 3.68. The van der Waals surface area contributed by atoms with Gasteiger partial charge in [-0.1, -0.05) is 18.2 Å². The van der Waals surface area contributed by atoms with Gasteiger partial charge >= 0.3 is 0 Å². The first kappa shape index (κ1) is 14.1. The van der Waals surface area contributed by atoms with Crippen LogP contribution >= 0.6 is 0 Å². The maximum absolute atomic E-state index is 12.1. The third-order valence-electron chi connectivity index (χ3n) is 3.68. The Morgan fingerprint density at radius 1 is 1.18 bits per heavy atom. The molecular weight excluding hydrogens is 282 g/mol. The summed E-state index contributed by atoms with van der Waals surface area (Å²) in [6.07, 6.45) is 0.945. The van der Waals surface area contributed by atoms with Crippen molar-refractivity contribution in [2.45, 2.75) is 6.42 Å². The average Bonchev–Trinajstić information content (AvgIpc) is 2.91. The molecule has 0 saturated carbocycles. The van der Waals surface area contributed by atoms with Gasteiger partial charge in [-0.05, 0) is 30.2 Å². The van der Waals surface area contributed by atoms with Crippen LogP contribution in [0.3, 0.4) is 0 Å². The Morgan fingerprint density at radius 3 is 2.64 bits per heavy atom. The summed E-state index contributed by atoms with van der Waals surface area (Å²) in [5, 5.41) is 13.4. The lowest BCUT2D eigenvalue weighted by atomic mass is 10.2. The fourth-order valence-electron chi connectivity index (χ4n) is 2.61. The lowest BCUT2D eigenvalue weighted by molar-refractivity contribution is -0.384. The number of hydrogen-bond acceptors (Lipinski definition) is 4. The van der Waals surface area contributed by atoms with E-state index in [0.29, 0.717) is 5.69 Å². The maximum atomic E-state index is 12.1. The molecule has 2 aromatic carbocycles. The largest absolute Gasteiger partial charge is 0.362 e. The monoisotopic (exact) mass is 297 g/mol. The molecule has 3 rings (SSSR count). The number of fused-ring (bicyclic) bond motifs is 1. The molecule has 1 aliphatic heterocycles. The number of benzene rings is 2. The Labute approximate surface area is 127 Å². The Morgan fingerprint density at radius 2 is 1.91 bits per heavy atom. The topological polar surface area (TPSA) is 75.5 Å². The van der Waals surface area contributed by atoms with Gasteiger partial charge in [-0.2, -0.15) is 0 Å². The molecule has 6 nitrogen and oxygen atoms in total. The fourth-order valence-corrected chi connectivity index (χ4v) is 2.61. The van der Waals surface area contributed by atoms with Crippen LogP contribution < -0.4 is 10.2 Å². The molecule has 22 heavy (non-hydrogen) atoms. The van der Waals surface area contributed by atoms with Gasteiger partial charge in [-0.25, -0.2) is 0 Å². The number of rotatable bonds is 4. The van der Waals surface area contributed by atoms with E-state index in [2.05, 4.69) is 11.4 Å². The van der Waals surface area contributed by atoms with Gasteiger partial charge in [0.2, 0.25) is 5.91 Å². The summed E-state index contributed by atoms with van der Waals surface area (Å²) >= 11 is 0. The number of carbonyl (C=O) groups excluding carboxylic acids is 1. The lowest BCUT2D eigenvalue weighted by Crippen LogP contribution is -2.31. The van der Waals surface area contributed by atoms with Crippen LogP contribution in [0.15, 0.2) is 48.5 Å². The first-order valence-corrected chi connectivity index (χ1v) is 7.00. The van der Waals surface area contributed by atoms with Gasteiger partial charge in [0.25, 0.3) is 5.69 Å². The molecule has 0 radical (unpaired) electrons. The van der Waals surface area contributed by atoms with E-state index >= 15 is 0 Å². The number of amides is 1. The van der Waals surface area contributed by atoms with Crippen molar-refractivity contribution in [2.24, 2.45) is 0 Å². The number of nitrogens with one attached hydrogen (secondary N) is 1. The molecule has 0 fully saturated rings. The van der Waals surface area contributed by atoms with Crippen molar-refractivity contribution in [3.8, 4) is 0 Å². The molecule has 0 bridgehead atoms. The van der Waals surface area contributed by atoms with E-state index in [1.165, 1.54) is 29.8 Å². The number of carbonyl (C=O) groups is 1. The molecule has 0 saturated heterocycles. The molecule has 0 atom stereocenters. The first-order chi connectivity index (χ1) is 10.6. The highest BCUT2D eigenvalue weighted by molar-refractivity contribution is 5.94. The van der Waals surface area contributed by atoms with Gasteiger partial charge in [-0.3, -0.25) is 14.9 Å². The first-order valence-electron chi connectivity index (χ1n) is 7.00. The van der Waals surface area contributed by atoms with Gasteiger partial charge in [0.1, 0.15) is 0 Å². The minimum absolute atomic E-state index is 0.00599. The van der Waals surface area contributed by atoms with Crippen LogP contribution in [0.5, 0.6) is 0 Å². The molecular formula is C16H15N3O3. The number of para-hydroxylation sites is 1. The minimum atomic E-state index is -0.466. The number of hydrogen-bond donors (Lipinski definition) is 1. The van der Waals surface area contributed by atoms with E-state index in [4.69, 9.17) is 0 Å². The van der Waals surface area contributed by atoms with E-state index in [1.54, 1.807) is 0 Å². The van der Waals surface area contributed by atoms with E-state index in [0.717, 1.165) is 18.7 Å². The molecule has 0 aromatic heterocycles. The van der Waals surface area contributed by atoms with Crippen molar-refractivity contribution < 1.29 is 9.72 Å². The zero-order chi connectivity index (χ0) is 15.5. The Hall–Kier alpha value is -2.89. The molecule has 112 valence electrons. The van der Waals surface area contributed by atoms with E-state index in [9.17, 15) is 14.9 Å². The molecule has 2 aromatic rings. The van der Waals surface area contributed by atoms with Gasteiger partial charge in [-0.15, -0.1) is 0 Å². The van der Waals surface area contributed by atoms with Crippen molar-refractivity contribution in [1.82, 2.24) is 0 Å². The number of nitro benzene ring substituents is 1. The summed E-state index contributed by atoms with van der Waals surface area (Å²) in [5.74, 6) is -0.134. The normalized spacial score (nSPS) is 12.8. The highest BCUT2D eigenvalue weighted by Crippen LogP contribution is 2.27. The second kappa shape index (κ2) is 5.85. The molecule has 1 heterocycles. The molecule has 6 heteroatoms. The SMILES string of the molecule is O=C(CN1CCc2ccccc21)Nc1ccc([N+](=O)[O-])cc1. The molecule has 0 spiro atoms.